The number of anilines is 2. The van der Waals surface area contributed by atoms with Crippen LogP contribution in [0.15, 0.2) is 18.2 Å². The Morgan fingerprint density at radius 1 is 1.42 bits per heavy atom. The highest BCUT2D eigenvalue weighted by Gasteiger charge is 2.28. The maximum absolute atomic E-state index is 12.6. The Kier molecular flexibility index (Phi) is 4.86. The lowest BCUT2D eigenvalue weighted by Gasteiger charge is -2.12. The molecule has 1 aromatic heterocycles. The lowest BCUT2D eigenvalue weighted by atomic mass is 10.0. The molecular formula is C18H15Cl2N5O. The smallest absolute Gasteiger partial charge is 0.275 e. The first-order valence-corrected chi connectivity index (χ1v) is 8.64. The SMILES string of the molecule is Cc1c(Cl)c(C(=O)Nc2ccc(N)c(C(=N)C3CC3)c2)nc(Cl)c1C#N. The van der Waals surface area contributed by atoms with E-state index in [1.54, 1.807) is 25.1 Å². The van der Waals surface area contributed by atoms with Gasteiger partial charge in [0.25, 0.3) is 5.91 Å². The normalized spacial score (nSPS) is 13.2. The van der Waals surface area contributed by atoms with Crippen LogP contribution in [0.25, 0.3) is 0 Å². The fourth-order valence-corrected chi connectivity index (χ4v) is 3.07. The number of rotatable bonds is 4. The monoisotopic (exact) mass is 387 g/mol. The van der Waals surface area contributed by atoms with E-state index >= 15 is 0 Å². The van der Waals surface area contributed by atoms with Crippen molar-refractivity contribution in [1.29, 1.82) is 10.7 Å². The first-order valence-electron chi connectivity index (χ1n) is 7.88. The van der Waals surface area contributed by atoms with Gasteiger partial charge < -0.3 is 16.5 Å². The number of benzene rings is 1. The molecule has 0 bridgehead atoms. The Labute approximate surface area is 160 Å². The summed E-state index contributed by atoms with van der Waals surface area (Å²) in [6.45, 7) is 1.60. The zero-order chi connectivity index (χ0) is 19.0. The Bertz CT molecular complexity index is 977. The summed E-state index contributed by atoms with van der Waals surface area (Å²) in [5, 5.41) is 20.0. The molecule has 1 aliphatic carbocycles. The minimum atomic E-state index is -0.557. The van der Waals surface area contributed by atoms with Crippen molar-refractivity contribution in [3.05, 3.63) is 50.8 Å². The van der Waals surface area contributed by atoms with Crippen LogP contribution in [0.4, 0.5) is 11.4 Å². The molecule has 1 amide bonds. The molecule has 1 aliphatic rings. The number of nitrogens with one attached hydrogen (secondary N) is 2. The van der Waals surface area contributed by atoms with Crippen LogP contribution >= 0.6 is 23.2 Å². The highest BCUT2D eigenvalue weighted by Crippen LogP contribution is 2.35. The van der Waals surface area contributed by atoms with Crippen molar-refractivity contribution in [2.45, 2.75) is 19.8 Å². The number of halogens is 2. The molecule has 4 N–H and O–H groups in total. The molecule has 1 saturated carbocycles. The second-order valence-electron chi connectivity index (χ2n) is 6.12. The van der Waals surface area contributed by atoms with Crippen molar-refractivity contribution in [3.8, 4) is 6.07 Å². The van der Waals surface area contributed by atoms with Crippen LogP contribution in [0.1, 0.15) is 40.0 Å². The fraction of sp³-hybridized carbons (Fsp3) is 0.222. The molecule has 3 rings (SSSR count). The quantitative estimate of drug-likeness (QED) is 0.414. The number of hydrogen-bond donors (Lipinski definition) is 3. The summed E-state index contributed by atoms with van der Waals surface area (Å²) in [6.07, 6.45) is 1.97. The van der Waals surface area contributed by atoms with E-state index in [2.05, 4.69) is 10.3 Å². The summed E-state index contributed by atoms with van der Waals surface area (Å²) in [5.74, 6) is -0.322. The zero-order valence-corrected chi connectivity index (χ0v) is 15.4. The molecule has 1 heterocycles. The molecule has 0 saturated heterocycles. The third-order valence-electron chi connectivity index (χ3n) is 4.24. The van der Waals surface area contributed by atoms with Gasteiger partial charge in [0.05, 0.1) is 10.6 Å². The van der Waals surface area contributed by atoms with Crippen LogP contribution in [0, 0.1) is 29.6 Å². The number of hydrogen-bond acceptors (Lipinski definition) is 5. The molecule has 1 aromatic carbocycles. The molecule has 26 heavy (non-hydrogen) atoms. The highest BCUT2D eigenvalue weighted by molar-refractivity contribution is 6.36. The van der Waals surface area contributed by atoms with Gasteiger partial charge in [0.15, 0.2) is 0 Å². The summed E-state index contributed by atoms with van der Waals surface area (Å²) in [7, 11) is 0. The van der Waals surface area contributed by atoms with Crippen LogP contribution in [0.2, 0.25) is 10.2 Å². The summed E-state index contributed by atoms with van der Waals surface area (Å²) in [6, 6.07) is 6.87. The third kappa shape index (κ3) is 3.36. The molecule has 0 spiro atoms. The number of pyridine rings is 1. The van der Waals surface area contributed by atoms with E-state index in [0.717, 1.165) is 12.8 Å². The first-order chi connectivity index (χ1) is 12.3. The fourth-order valence-electron chi connectivity index (χ4n) is 2.58. The van der Waals surface area contributed by atoms with Crippen molar-refractivity contribution in [1.82, 2.24) is 4.98 Å². The summed E-state index contributed by atoms with van der Waals surface area (Å²) >= 11 is 12.1. The predicted octanol–water partition coefficient (Wildman–Crippen LogP) is 4.18. The average molecular weight is 388 g/mol. The summed E-state index contributed by atoms with van der Waals surface area (Å²) in [5.41, 5.74) is 8.48. The van der Waals surface area contributed by atoms with Crippen molar-refractivity contribution >= 4 is 46.2 Å². The number of nitrogens with two attached hydrogens (primary N) is 1. The van der Waals surface area contributed by atoms with Gasteiger partial charge in [-0.25, -0.2) is 4.98 Å². The van der Waals surface area contributed by atoms with E-state index in [1.807, 2.05) is 6.07 Å². The topological polar surface area (TPSA) is 116 Å². The predicted molar refractivity (Wildman–Crippen MR) is 102 cm³/mol. The molecule has 8 heteroatoms. The average Bonchev–Trinajstić information content (AvgIpc) is 3.44. The molecule has 0 atom stereocenters. The minimum Gasteiger partial charge on any atom is -0.398 e. The van der Waals surface area contributed by atoms with E-state index in [-0.39, 0.29) is 27.4 Å². The highest BCUT2D eigenvalue weighted by atomic mass is 35.5. The Hall–Kier alpha value is -2.62. The van der Waals surface area contributed by atoms with Crippen LogP contribution in [-0.2, 0) is 0 Å². The van der Waals surface area contributed by atoms with E-state index in [0.29, 0.717) is 28.2 Å². The second-order valence-corrected chi connectivity index (χ2v) is 6.86. The van der Waals surface area contributed by atoms with Crippen LogP contribution in [0.5, 0.6) is 0 Å². The number of aromatic nitrogens is 1. The van der Waals surface area contributed by atoms with Crippen molar-refractivity contribution in [2.24, 2.45) is 5.92 Å². The number of nitriles is 1. The zero-order valence-electron chi connectivity index (χ0n) is 13.9. The van der Waals surface area contributed by atoms with Gasteiger partial charge >= 0.3 is 0 Å². The van der Waals surface area contributed by atoms with E-state index in [4.69, 9.17) is 39.6 Å². The Morgan fingerprint density at radius 2 is 2.12 bits per heavy atom. The first kappa shape index (κ1) is 18.2. The third-order valence-corrected chi connectivity index (χ3v) is 4.98. The standard InChI is InChI=1S/C18H15Cl2N5O/c1-8-12(7-21)17(20)25-16(14(8)19)18(26)24-10-4-5-13(22)11(6-10)15(23)9-2-3-9/h4-6,9,23H,2-3,22H2,1H3,(H,24,26). The van der Waals surface area contributed by atoms with Gasteiger partial charge in [-0.2, -0.15) is 5.26 Å². The van der Waals surface area contributed by atoms with E-state index in [1.165, 1.54) is 0 Å². The minimum absolute atomic E-state index is 0.0659. The van der Waals surface area contributed by atoms with Gasteiger partial charge in [0, 0.05) is 28.6 Å². The van der Waals surface area contributed by atoms with E-state index in [9.17, 15) is 4.79 Å². The number of nitrogens with zero attached hydrogens (tertiary/aromatic N) is 2. The maximum Gasteiger partial charge on any atom is 0.275 e. The lowest BCUT2D eigenvalue weighted by Crippen LogP contribution is -2.16. The molecule has 0 unspecified atom stereocenters. The molecule has 0 aliphatic heterocycles. The molecular weight excluding hydrogens is 373 g/mol. The lowest BCUT2D eigenvalue weighted by molar-refractivity contribution is 0.102. The molecule has 0 radical (unpaired) electrons. The molecule has 2 aromatic rings. The second kappa shape index (κ2) is 6.94. The largest absolute Gasteiger partial charge is 0.398 e. The van der Waals surface area contributed by atoms with Gasteiger partial charge in [-0.15, -0.1) is 0 Å². The van der Waals surface area contributed by atoms with Crippen molar-refractivity contribution in [3.63, 3.8) is 0 Å². The van der Waals surface area contributed by atoms with Crippen LogP contribution < -0.4 is 11.1 Å². The van der Waals surface area contributed by atoms with Gasteiger partial charge in [0.1, 0.15) is 16.9 Å². The molecule has 6 nitrogen and oxygen atoms in total. The number of carbonyl (C=O) groups is 1. The summed E-state index contributed by atoms with van der Waals surface area (Å²) < 4.78 is 0. The number of nitrogen functional groups attached to an aromatic ring is 1. The van der Waals surface area contributed by atoms with E-state index < -0.39 is 5.91 Å². The summed E-state index contributed by atoms with van der Waals surface area (Å²) in [4.78, 5) is 16.5. The van der Waals surface area contributed by atoms with Crippen LogP contribution in [0.3, 0.4) is 0 Å². The van der Waals surface area contributed by atoms with Crippen molar-refractivity contribution < 1.29 is 4.79 Å². The number of amides is 1. The van der Waals surface area contributed by atoms with Crippen molar-refractivity contribution in [2.75, 3.05) is 11.1 Å². The van der Waals surface area contributed by atoms with Gasteiger partial charge in [-0.1, -0.05) is 23.2 Å². The van der Waals surface area contributed by atoms with Crippen LogP contribution in [-0.4, -0.2) is 16.6 Å². The van der Waals surface area contributed by atoms with Gasteiger partial charge in [0.2, 0.25) is 0 Å². The Morgan fingerprint density at radius 3 is 2.73 bits per heavy atom. The van der Waals surface area contributed by atoms with Gasteiger partial charge in [-0.05, 0) is 43.5 Å². The van der Waals surface area contributed by atoms with Gasteiger partial charge in [-0.3, -0.25) is 4.79 Å². The number of carbonyl (C=O) groups excluding carboxylic acids is 1. The maximum atomic E-state index is 12.6. The molecule has 1 fully saturated rings. The molecule has 132 valence electrons. The Balaban J connectivity index is 1.90.